The molecule has 0 spiro atoms. The Labute approximate surface area is 98.1 Å². The second-order valence-electron chi connectivity index (χ2n) is 3.73. The molecule has 4 heteroatoms. The van der Waals surface area contributed by atoms with Crippen LogP contribution in [0.25, 0.3) is 0 Å². The van der Waals surface area contributed by atoms with Crippen LogP contribution in [-0.4, -0.2) is 21.6 Å². The number of benzene rings is 1. The number of carbonyl (C=O) groups excluding carboxylic acids is 1. The molecule has 0 amide bonds. The van der Waals surface area contributed by atoms with Crippen molar-refractivity contribution in [3.05, 3.63) is 59.4 Å². The summed E-state index contributed by atoms with van der Waals surface area (Å²) < 4.78 is 1.28. The first kappa shape index (κ1) is 11.1. The predicted molar refractivity (Wildman–Crippen MR) is 62.3 cm³/mol. The topological polar surface area (TPSA) is 59.3 Å². The standard InChI is InChI=1S/C13H11NO3/c1-9-4-2-3-5-11(9)12(15)14-7-6-10(8-14)13(16)17/h2-8H,1H3,(H,16,17). The fraction of sp³-hybridized carbons (Fsp3) is 0.0769. The highest BCUT2D eigenvalue weighted by Crippen LogP contribution is 2.11. The molecule has 0 saturated heterocycles. The van der Waals surface area contributed by atoms with Crippen molar-refractivity contribution in [3.8, 4) is 0 Å². The normalized spacial score (nSPS) is 10.2. The number of aromatic carboxylic acids is 1. The highest BCUT2D eigenvalue weighted by molar-refractivity contribution is 5.98. The highest BCUT2D eigenvalue weighted by Gasteiger charge is 2.12. The van der Waals surface area contributed by atoms with Crippen molar-refractivity contribution < 1.29 is 14.7 Å². The maximum Gasteiger partial charge on any atom is 0.337 e. The number of nitrogens with zero attached hydrogens (tertiary/aromatic N) is 1. The van der Waals surface area contributed by atoms with E-state index in [2.05, 4.69) is 0 Å². The van der Waals surface area contributed by atoms with Crippen LogP contribution >= 0.6 is 0 Å². The fourth-order valence-corrected chi connectivity index (χ4v) is 1.60. The van der Waals surface area contributed by atoms with Crippen molar-refractivity contribution in [3.63, 3.8) is 0 Å². The van der Waals surface area contributed by atoms with Crippen molar-refractivity contribution >= 4 is 11.9 Å². The lowest BCUT2D eigenvalue weighted by Gasteiger charge is -2.04. The Morgan fingerprint density at radius 3 is 2.47 bits per heavy atom. The Morgan fingerprint density at radius 2 is 1.88 bits per heavy atom. The second-order valence-corrected chi connectivity index (χ2v) is 3.73. The number of rotatable bonds is 2. The maximum atomic E-state index is 12.1. The van der Waals surface area contributed by atoms with Gasteiger partial charge < -0.3 is 5.11 Å². The summed E-state index contributed by atoms with van der Waals surface area (Å²) in [4.78, 5) is 22.8. The van der Waals surface area contributed by atoms with E-state index >= 15 is 0 Å². The average Bonchev–Trinajstić information content (AvgIpc) is 2.78. The molecule has 0 saturated carbocycles. The molecular weight excluding hydrogens is 218 g/mol. The van der Waals surface area contributed by atoms with Crippen LogP contribution in [0.1, 0.15) is 26.3 Å². The van der Waals surface area contributed by atoms with Crippen LogP contribution in [0.3, 0.4) is 0 Å². The Balaban J connectivity index is 2.37. The molecule has 1 aromatic carbocycles. The van der Waals surface area contributed by atoms with Gasteiger partial charge in [-0.2, -0.15) is 0 Å². The van der Waals surface area contributed by atoms with Gasteiger partial charge in [-0.05, 0) is 24.6 Å². The molecular formula is C13H11NO3. The minimum atomic E-state index is -1.04. The molecule has 2 rings (SSSR count). The van der Waals surface area contributed by atoms with Gasteiger partial charge in [0.1, 0.15) is 0 Å². The lowest BCUT2D eigenvalue weighted by Crippen LogP contribution is -2.11. The van der Waals surface area contributed by atoms with E-state index in [1.54, 1.807) is 12.1 Å². The minimum absolute atomic E-state index is 0.104. The number of carbonyl (C=O) groups is 2. The molecule has 0 radical (unpaired) electrons. The molecule has 0 aliphatic rings. The summed E-state index contributed by atoms with van der Waals surface area (Å²) in [5.41, 5.74) is 1.54. The van der Waals surface area contributed by atoms with Gasteiger partial charge >= 0.3 is 5.97 Å². The number of hydrogen-bond donors (Lipinski definition) is 1. The summed E-state index contributed by atoms with van der Waals surface area (Å²) in [6.45, 7) is 1.84. The third-order valence-electron chi connectivity index (χ3n) is 2.55. The molecule has 0 aliphatic heterocycles. The van der Waals surface area contributed by atoms with Gasteiger partial charge in [-0.3, -0.25) is 9.36 Å². The van der Waals surface area contributed by atoms with E-state index in [1.165, 1.54) is 23.0 Å². The molecule has 1 heterocycles. The van der Waals surface area contributed by atoms with E-state index in [0.29, 0.717) is 5.56 Å². The van der Waals surface area contributed by atoms with Crippen LogP contribution in [-0.2, 0) is 0 Å². The van der Waals surface area contributed by atoms with Gasteiger partial charge in [-0.15, -0.1) is 0 Å². The van der Waals surface area contributed by atoms with E-state index in [0.717, 1.165) is 5.56 Å². The zero-order valence-corrected chi connectivity index (χ0v) is 9.25. The largest absolute Gasteiger partial charge is 0.478 e. The van der Waals surface area contributed by atoms with Gasteiger partial charge in [0.2, 0.25) is 0 Å². The van der Waals surface area contributed by atoms with E-state index in [-0.39, 0.29) is 11.5 Å². The summed E-state index contributed by atoms with van der Waals surface area (Å²) in [6, 6.07) is 8.59. The molecule has 17 heavy (non-hydrogen) atoms. The number of aryl methyl sites for hydroxylation is 1. The summed E-state index contributed by atoms with van der Waals surface area (Å²) in [6.07, 6.45) is 2.77. The van der Waals surface area contributed by atoms with Crippen LogP contribution in [0, 0.1) is 6.92 Å². The number of carboxylic acid groups (broad SMARTS) is 1. The van der Waals surface area contributed by atoms with Crippen LogP contribution in [0.5, 0.6) is 0 Å². The van der Waals surface area contributed by atoms with Gasteiger partial charge in [-0.1, -0.05) is 18.2 Å². The smallest absolute Gasteiger partial charge is 0.337 e. The summed E-state index contributed by atoms with van der Waals surface area (Å²) >= 11 is 0. The molecule has 0 bridgehead atoms. The van der Waals surface area contributed by atoms with Crippen molar-refractivity contribution in [2.75, 3.05) is 0 Å². The van der Waals surface area contributed by atoms with Crippen LogP contribution in [0.2, 0.25) is 0 Å². The van der Waals surface area contributed by atoms with Crippen molar-refractivity contribution in [2.45, 2.75) is 6.92 Å². The van der Waals surface area contributed by atoms with E-state index < -0.39 is 5.97 Å². The fourth-order valence-electron chi connectivity index (χ4n) is 1.60. The Morgan fingerprint density at radius 1 is 1.18 bits per heavy atom. The van der Waals surface area contributed by atoms with E-state index in [1.807, 2.05) is 19.1 Å². The van der Waals surface area contributed by atoms with Crippen LogP contribution in [0.15, 0.2) is 42.7 Å². The average molecular weight is 229 g/mol. The molecule has 1 N–H and O–H groups in total. The molecule has 86 valence electrons. The number of aromatic nitrogens is 1. The zero-order valence-electron chi connectivity index (χ0n) is 9.25. The van der Waals surface area contributed by atoms with Gasteiger partial charge in [0.25, 0.3) is 5.91 Å². The molecule has 1 aromatic heterocycles. The molecule has 0 fully saturated rings. The highest BCUT2D eigenvalue weighted by atomic mass is 16.4. The van der Waals surface area contributed by atoms with Crippen molar-refractivity contribution in [2.24, 2.45) is 0 Å². The molecule has 0 atom stereocenters. The monoisotopic (exact) mass is 229 g/mol. The summed E-state index contributed by atoms with van der Waals surface area (Å²) in [7, 11) is 0. The molecule has 4 nitrogen and oxygen atoms in total. The molecule has 0 aliphatic carbocycles. The zero-order chi connectivity index (χ0) is 12.4. The predicted octanol–water partition coefficient (Wildman–Crippen LogP) is 2.18. The maximum absolute atomic E-state index is 12.1. The lowest BCUT2D eigenvalue weighted by atomic mass is 10.1. The van der Waals surface area contributed by atoms with E-state index in [9.17, 15) is 9.59 Å². The Kier molecular flexibility index (Phi) is 2.78. The third-order valence-corrected chi connectivity index (χ3v) is 2.55. The SMILES string of the molecule is Cc1ccccc1C(=O)n1ccc(C(=O)O)c1. The third kappa shape index (κ3) is 2.10. The first-order valence-electron chi connectivity index (χ1n) is 5.11. The van der Waals surface area contributed by atoms with Crippen LogP contribution in [0.4, 0.5) is 0 Å². The molecule has 2 aromatic rings. The van der Waals surface area contributed by atoms with Crippen LogP contribution < -0.4 is 0 Å². The second kappa shape index (κ2) is 4.25. The minimum Gasteiger partial charge on any atom is -0.478 e. The Hall–Kier alpha value is -2.36. The van der Waals surface area contributed by atoms with Crippen molar-refractivity contribution in [1.29, 1.82) is 0 Å². The summed E-state index contributed by atoms with van der Waals surface area (Å²) in [5.74, 6) is -1.27. The first-order chi connectivity index (χ1) is 8.09. The van der Waals surface area contributed by atoms with E-state index in [4.69, 9.17) is 5.11 Å². The van der Waals surface area contributed by atoms with Gasteiger partial charge in [0, 0.05) is 18.0 Å². The Bertz CT molecular complexity index is 584. The molecule has 0 unspecified atom stereocenters. The van der Waals surface area contributed by atoms with Gasteiger partial charge in [0.05, 0.1) is 5.56 Å². The number of hydrogen-bond acceptors (Lipinski definition) is 2. The lowest BCUT2D eigenvalue weighted by molar-refractivity contribution is 0.0697. The first-order valence-corrected chi connectivity index (χ1v) is 5.11. The van der Waals surface area contributed by atoms with Gasteiger partial charge in [0.15, 0.2) is 0 Å². The quantitative estimate of drug-likeness (QED) is 0.858. The summed E-state index contributed by atoms with van der Waals surface area (Å²) in [5, 5.41) is 8.78. The van der Waals surface area contributed by atoms with Gasteiger partial charge in [-0.25, -0.2) is 4.79 Å². The number of carboxylic acids is 1. The van der Waals surface area contributed by atoms with Crippen molar-refractivity contribution in [1.82, 2.24) is 4.57 Å².